The number of nitrogens with one attached hydrogen (secondary N) is 2. The average Bonchev–Trinajstić information content (AvgIpc) is 3.09. The number of hydrogen-bond donors (Lipinski definition) is 2. The van der Waals surface area contributed by atoms with E-state index in [1.54, 1.807) is 0 Å². The van der Waals surface area contributed by atoms with E-state index in [4.69, 9.17) is 11.6 Å². The van der Waals surface area contributed by atoms with E-state index in [0.29, 0.717) is 19.5 Å². The van der Waals surface area contributed by atoms with E-state index in [1.807, 2.05) is 30.5 Å². The number of hydrogen-bond acceptors (Lipinski definition) is 4. The summed E-state index contributed by atoms with van der Waals surface area (Å²) >= 11 is 7.89. The first-order valence-corrected chi connectivity index (χ1v) is 9.89. The molecule has 2 N–H and O–H groups in total. The molecule has 0 fully saturated rings. The molecule has 1 aromatic carbocycles. The van der Waals surface area contributed by atoms with Crippen LogP contribution in [0.4, 0.5) is 0 Å². The fourth-order valence-electron chi connectivity index (χ4n) is 3.22. The SMILES string of the molecule is CNCCC(=O)NCC(c1ccc(Cl)cc1)N1CCc2sccc2C1. The molecule has 0 saturated carbocycles. The highest BCUT2D eigenvalue weighted by Crippen LogP contribution is 2.30. The summed E-state index contributed by atoms with van der Waals surface area (Å²) in [4.78, 5) is 16.0. The zero-order valence-electron chi connectivity index (χ0n) is 14.4. The van der Waals surface area contributed by atoms with Crippen molar-refractivity contribution in [2.45, 2.75) is 25.4 Å². The third kappa shape index (κ3) is 4.82. The van der Waals surface area contributed by atoms with Crippen LogP contribution in [-0.4, -0.2) is 37.5 Å². The van der Waals surface area contributed by atoms with Crippen LogP contribution in [-0.2, 0) is 17.8 Å². The Morgan fingerprint density at radius 1 is 1.32 bits per heavy atom. The smallest absolute Gasteiger partial charge is 0.221 e. The number of rotatable bonds is 7. The van der Waals surface area contributed by atoms with Gasteiger partial charge in [0.2, 0.25) is 5.91 Å². The van der Waals surface area contributed by atoms with Crippen LogP contribution in [0.5, 0.6) is 0 Å². The van der Waals surface area contributed by atoms with Gasteiger partial charge in [-0.3, -0.25) is 9.69 Å². The molecule has 0 bridgehead atoms. The van der Waals surface area contributed by atoms with Crippen molar-refractivity contribution in [2.24, 2.45) is 0 Å². The summed E-state index contributed by atoms with van der Waals surface area (Å²) in [6.45, 7) is 3.24. The molecule has 0 radical (unpaired) electrons. The van der Waals surface area contributed by atoms with Gasteiger partial charge in [0.1, 0.15) is 0 Å². The largest absolute Gasteiger partial charge is 0.354 e. The molecule has 1 aromatic heterocycles. The molecule has 134 valence electrons. The summed E-state index contributed by atoms with van der Waals surface area (Å²) in [6.07, 6.45) is 1.57. The first-order valence-electron chi connectivity index (χ1n) is 8.63. The fourth-order valence-corrected chi connectivity index (χ4v) is 4.23. The fraction of sp³-hybridized carbons (Fsp3) is 0.421. The minimum absolute atomic E-state index is 0.0848. The summed E-state index contributed by atoms with van der Waals surface area (Å²) in [5.41, 5.74) is 2.61. The van der Waals surface area contributed by atoms with Gasteiger partial charge in [-0.2, -0.15) is 0 Å². The Bertz CT molecular complexity index is 701. The second-order valence-electron chi connectivity index (χ2n) is 6.31. The number of nitrogens with zero attached hydrogens (tertiary/aromatic N) is 1. The van der Waals surface area contributed by atoms with E-state index in [0.717, 1.165) is 24.5 Å². The monoisotopic (exact) mass is 377 g/mol. The highest BCUT2D eigenvalue weighted by atomic mass is 35.5. The van der Waals surface area contributed by atoms with E-state index >= 15 is 0 Å². The maximum atomic E-state index is 12.0. The lowest BCUT2D eigenvalue weighted by molar-refractivity contribution is -0.121. The minimum Gasteiger partial charge on any atom is -0.354 e. The second kappa shape index (κ2) is 8.81. The summed E-state index contributed by atoms with van der Waals surface area (Å²) in [5, 5.41) is 9.01. The van der Waals surface area contributed by atoms with Gasteiger partial charge >= 0.3 is 0 Å². The molecule has 1 amide bonds. The van der Waals surface area contributed by atoms with E-state index in [9.17, 15) is 4.79 Å². The van der Waals surface area contributed by atoms with Crippen molar-refractivity contribution in [3.05, 3.63) is 56.7 Å². The van der Waals surface area contributed by atoms with Gasteiger partial charge in [-0.25, -0.2) is 0 Å². The van der Waals surface area contributed by atoms with E-state index in [2.05, 4.69) is 39.1 Å². The number of carbonyl (C=O) groups is 1. The van der Waals surface area contributed by atoms with Crippen molar-refractivity contribution < 1.29 is 4.79 Å². The minimum atomic E-state index is 0.0848. The lowest BCUT2D eigenvalue weighted by atomic mass is 10.0. The van der Waals surface area contributed by atoms with Crippen molar-refractivity contribution in [3.8, 4) is 0 Å². The Morgan fingerprint density at radius 3 is 2.88 bits per heavy atom. The zero-order valence-corrected chi connectivity index (χ0v) is 16.0. The Kier molecular flexibility index (Phi) is 6.48. The number of halogens is 1. The van der Waals surface area contributed by atoms with Crippen LogP contribution in [0.15, 0.2) is 35.7 Å². The number of benzene rings is 1. The maximum Gasteiger partial charge on any atom is 0.221 e. The van der Waals surface area contributed by atoms with E-state index in [1.165, 1.54) is 16.0 Å². The van der Waals surface area contributed by atoms with Gasteiger partial charge in [0.25, 0.3) is 0 Å². The van der Waals surface area contributed by atoms with Gasteiger partial charge in [-0.05, 0) is 48.2 Å². The Hall–Kier alpha value is -1.40. The Morgan fingerprint density at radius 2 is 2.12 bits per heavy atom. The molecule has 6 heteroatoms. The summed E-state index contributed by atoms with van der Waals surface area (Å²) in [6, 6.07) is 10.4. The molecule has 1 atom stereocenters. The van der Waals surface area contributed by atoms with Crippen LogP contribution >= 0.6 is 22.9 Å². The van der Waals surface area contributed by atoms with Crippen LogP contribution in [0.3, 0.4) is 0 Å². The molecule has 2 aromatic rings. The van der Waals surface area contributed by atoms with Crippen LogP contribution in [0.2, 0.25) is 5.02 Å². The number of fused-ring (bicyclic) bond motifs is 1. The standard InChI is InChI=1S/C19H24ClN3OS/c1-21-9-6-19(24)22-12-17(14-2-4-16(20)5-3-14)23-10-7-18-15(13-23)8-11-25-18/h2-5,8,11,17,21H,6-7,9-10,12-13H2,1H3,(H,22,24). The van der Waals surface area contributed by atoms with Crippen molar-refractivity contribution in [3.63, 3.8) is 0 Å². The van der Waals surface area contributed by atoms with E-state index < -0.39 is 0 Å². The molecule has 0 spiro atoms. The summed E-state index contributed by atoms with van der Waals surface area (Å²) in [7, 11) is 1.86. The van der Waals surface area contributed by atoms with Crippen LogP contribution in [0.25, 0.3) is 0 Å². The van der Waals surface area contributed by atoms with Crippen LogP contribution < -0.4 is 10.6 Å². The molecule has 1 unspecified atom stereocenters. The molecule has 2 heterocycles. The van der Waals surface area contributed by atoms with Crippen molar-refractivity contribution in [2.75, 3.05) is 26.7 Å². The quantitative estimate of drug-likeness (QED) is 0.778. The Labute approximate surface area is 158 Å². The van der Waals surface area contributed by atoms with Gasteiger partial charge in [0.15, 0.2) is 0 Å². The highest BCUT2D eigenvalue weighted by Gasteiger charge is 2.25. The predicted octanol–water partition coefficient (Wildman–Crippen LogP) is 3.23. The molecule has 25 heavy (non-hydrogen) atoms. The molecule has 1 aliphatic rings. The van der Waals surface area contributed by atoms with Gasteiger partial charge in [-0.15, -0.1) is 11.3 Å². The van der Waals surface area contributed by atoms with Gasteiger partial charge in [0, 0.05) is 42.5 Å². The molecule has 4 nitrogen and oxygen atoms in total. The number of amides is 1. The van der Waals surface area contributed by atoms with E-state index in [-0.39, 0.29) is 11.9 Å². The molecule has 0 saturated heterocycles. The lowest BCUT2D eigenvalue weighted by Crippen LogP contribution is -2.40. The number of thiophene rings is 1. The van der Waals surface area contributed by atoms with Crippen molar-refractivity contribution in [1.82, 2.24) is 15.5 Å². The molecule has 3 rings (SSSR count). The normalized spacial score (nSPS) is 15.6. The third-order valence-electron chi connectivity index (χ3n) is 4.63. The summed E-state index contributed by atoms with van der Waals surface area (Å²) in [5.74, 6) is 0.0848. The molecular formula is C19H24ClN3OS. The predicted molar refractivity (Wildman–Crippen MR) is 104 cm³/mol. The van der Waals surface area contributed by atoms with Gasteiger partial charge in [-0.1, -0.05) is 23.7 Å². The second-order valence-corrected chi connectivity index (χ2v) is 7.75. The van der Waals surface area contributed by atoms with Crippen LogP contribution in [0.1, 0.15) is 28.5 Å². The average molecular weight is 378 g/mol. The van der Waals surface area contributed by atoms with Crippen molar-refractivity contribution in [1.29, 1.82) is 0 Å². The topological polar surface area (TPSA) is 44.4 Å². The Balaban J connectivity index is 1.73. The molecule has 0 aliphatic carbocycles. The van der Waals surface area contributed by atoms with Gasteiger partial charge in [0.05, 0.1) is 6.04 Å². The molecule has 1 aliphatic heterocycles. The number of carbonyl (C=O) groups excluding carboxylic acids is 1. The molecular weight excluding hydrogens is 354 g/mol. The van der Waals surface area contributed by atoms with Gasteiger partial charge < -0.3 is 10.6 Å². The summed E-state index contributed by atoms with van der Waals surface area (Å²) < 4.78 is 0. The van der Waals surface area contributed by atoms with Crippen LogP contribution in [0, 0.1) is 0 Å². The van der Waals surface area contributed by atoms with Crippen molar-refractivity contribution >= 4 is 28.8 Å². The first kappa shape index (κ1) is 18.4. The zero-order chi connectivity index (χ0) is 17.6. The highest BCUT2D eigenvalue weighted by molar-refractivity contribution is 7.10. The third-order valence-corrected chi connectivity index (χ3v) is 5.90. The lowest BCUT2D eigenvalue weighted by Gasteiger charge is -2.35. The maximum absolute atomic E-state index is 12.0. The first-order chi connectivity index (χ1) is 12.2.